The van der Waals surface area contributed by atoms with E-state index in [2.05, 4.69) is 24.3 Å². The van der Waals surface area contributed by atoms with Crippen LogP contribution in [0.3, 0.4) is 0 Å². The number of nitrogens with zero attached hydrogens (tertiary/aromatic N) is 1. The molecule has 106 valence electrons. The quantitative estimate of drug-likeness (QED) is 0.795. The van der Waals surface area contributed by atoms with Crippen molar-refractivity contribution in [2.24, 2.45) is 0 Å². The Hall–Kier alpha value is 0.300. The van der Waals surface area contributed by atoms with Crippen LogP contribution < -0.4 is 5.32 Å². The molecule has 18 heavy (non-hydrogen) atoms. The van der Waals surface area contributed by atoms with E-state index in [0.29, 0.717) is 5.02 Å². The fraction of sp³-hybridized carbons (Fsp3) is 0.500. The van der Waals surface area contributed by atoms with Crippen LogP contribution in [0.25, 0.3) is 0 Å². The third-order valence-electron chi connectivity index (χ3n) is 2.29. The summed E-state index contributed by atoms with van der Waals surface area (Å²) in [4.78, 5) is 2.18. The molecular formula is C12H20Cl4N2. The Kier molecular flexibility index (Phi) is 12.8. The Labute approximate surface area is 132 Å². The molecule has 1 aromatic carbocycles. The normalized spacial score (nSPS) is 9.83. The van der Waals surface area contributed by atoms with Gasteiger partial charge in [-0.3, -0.25) is 0 Å². The van der Waals surface area contributed by atoms with Crippen LogP contribution in [0.1, 0.15) is 12.0 Å². The monoisotopic (exact) mass is 332 g/mol. The largest absolute Gasteiger partial charge is 0.313 e. The van der Waals surface area contributed by atoms with E-state index in [1.165, 1.54) is 0 Å². The van der Waals surface area contributed by atoms with Crippen LogP contribution in [-0.2, 0) is 6.54 Å². The highest BCUT2D eigenvalue weighted by Crippen LogP contribution is 2.20. The van der Waals surface area contributed by atoms with Gasteiger partial charge in [-0.15, -0.1) is 24.8 Å². The third kappa shape index (κ3) is 8.41. The molecule has 0 saturated heterocycles. The molecule has 0 heterocycles. The molecular weight excluding hydrogens is 314 g/mol. The van der Waals surface area contributed by atoms with E-state index in [1.807, 2.05) is 12.1 Å². The second kappa shape index (κ2) is 11.2. The van der Waals surface area contributed by atoms with Gasteiger partial charge in [0.15, 0.2) is 0 Å². The van der Waals surface area contributed by atoms with Gasteiger partial charge in [0.05, 0.1) is 0 Å². The number of hydrogen-bond donors (Lipinski definition) is 1. The van der Waals surface area contributed by atoms with Gasteiger partial charge >= 0.3 is 0 Å². The van der Waals surface area contributed by atoms with Crippen molar-refractivity contribution in [1.29, 1.82) is 0 Å². The average Bonchev–Trinajstić information content (AvgIpc) is 2.20. The van der Waals surface area contributed by atoms with Gasteiger partial charge in [-0.1, -0.05) is 29.3 Å². The van der Waals surface area contributed by atoms with E-state index in [-0.39, 0.29) is 24.8 Å². The summed E-state index contributed by atoms with van der Waals surface area (Å²) in [7, 11) is 4.16. The van der Waals surface area contributed by atoms with Crippen molar-refractivity contribution >= 4 is 48.0 Å². The maximum atomic E-state index is 6.06. The van der Waals surface area contributed by atoms with E-state index < -0.39 is 0 Å². The molecule has 0 aliphatic heterocycles. The first-order valence-corrected chi connectivity index (χ1v) is 6.14. The number of halogens is 4. The third-order valence-corrected chi connectivity index (χ3v) is 2.88. The van der Waals surface area contributed by atoms with Crippen LogP contribution in [0, 0.1) is 0 Å². The highest BCUT2D eigenvalue weighted by atomic mass is 35.5. The summed E-state index contributed by atoms with van der Waals surface area (Å²) in [6, 6.07) is 5.60. The Bertz CT molecular complexity index is 332. The predicted molar refractivity (Wildman–Crippen MR) is 85.8 cm³/mol. The van der Waals surface area contributed by atoms with Crippen LogP contribution in [0.5, 0.6) is 0 Å². The fourth-order valence-electron chi connectivity index (χ4n) is 1.41. The van der Waals surface area contributed by atoms with E-state index in [4.69, 9.17) is 23.2 Å². The van der Waals surface area contributed by atoms with Gasteiger partial charge in [0.2, 0.25) is 0 Å². The van der Waals surface area contributed by atoms with Gasteiger partial charge in [0.1, 0.15) is 0 Å². The molecule has 1 aromatic rings. The van der Waals surface area contributed by atoms with Gasteiger partial charge in [-0.05, 0) is 51.3 Å². The summed E-state index contributed by atoms with van der Waals surface area (Å²) in [5, 5.41) is 4.77. The molecule has 0 spiro atoms. The molecule has 0 aromatic heterocycles. The lowest BCUT2D eigenvalue weighted by Crippen LogP contribution is -2.21. The molecule has 0 saturated carbocycles. The molecule has 0 atom stereocenters. The topological polar surface area (TPSA) is 15.3 Å². The van der Waals surface area contributed by atoms with E-state index in [0.717, 1.165) is 36.6 Å². The predicted octanol–water partition coefficient (Wildman–Crippen LogP) is 3.88. The molecule has 0 fully saturated rings. The van der Waals surface area contributed by atoms with Gasteiger partial charge in [-0.2, -0.15) is 0 Å². The van der Waals surface area contributed by atoms with Gasteiger partial charge in [0.25, 0.3) is 0 Å². The van der Waals surface area contributed by atoms with Crippen molar-refractivity contribution in [3.63, 3.8) is 0 Å². The summed E-state index contributed by atoms with van der Waals surface area (Å²) < 4.78 is 0. The Morgan fingerprint density at radius 1 is 1.17 bits per heavy atom. The molecule has 2 nitrogen and oxygen atoms in total. The Morgan fingerprint density at radius 2 is 1.83 bits per heavy atom. The number of benzene rings is 1. The zero-order valence-corrected chi connectivity index (χ0v) is 13.7. The van der Waals surface area contributed by atoms with Gasteiger partial charge in [0, 0.05) is 16.6 Å². The van der Waals surface area contributed by atoms with Crippen molar-refractivity contribution in [1.82, 2.24) is 10.2 Å². The minimum Gasteiger partial charge on any atom is -0.313 e. The van der Waals surface area contributed by atoms with Crippen molar-refractivity contribution in [2.75, 3.05) is 27.2 Å². The Morgan fingerprint density at radius 3 is 2.39 bits per heavy atom. The lowest BCUT2D eigenvalue weighted by atomic mass is 10.2. The standard InChI is InChI=1S/C12H18Cl2N2.2ClH/c1-16(2)7-3-6-15-9-10-4-5-11(13)8-12(10)14;;/h4-5,8,15H,3,6-7,9H2,1-2H3;2*1H. The minimum absolute atomic E-state index is 0. The summed E-state index contributed by atoms with van der Waals surface area (Å²) in [6.07, 6.45) is 1.14. The average molecular weight is 334 g/mol. The van der Waals surface area contributed by atoms with E-state index in [1.54, 1.807) is 6.07 Å². The molecule has 1 N–H and O–H groups in total. The minimum atomic E-state index is 0. The lowest BCUT2D eigenvalue weighted by molar-refractivity contribution is 0.394. The summed E-state index contributed by atoms with van der Waals surface area (Å²) in [5.41, 5.74) is 1.09. The van der Waals surface area contributed by atoms with Crippen molar-refractivity contribution < 1.29 is 0 Å². The molecule has 1 rings (SSSR count). The highest BCUT2D eigenvalue weighted by molar-refractivity contribution is 6.35. The zero-order chi connectivity index (χ0) is 12.0. The molecule has 0 unspecified atom stereocenters. The molecule has 0 amide bonds. The van der Waals surface area contributed by atoms with Gasteiger partial charge < -0.3 is 10.2 Å². The van der Waals surface area contributed by atoms with Crippen LogP contribution >= 0.6 is 48.0 Å². The van der Waals surface area contributed by atoms with Crippen LogP contribution in [0.15, 0.2) is 18.2 Å². The maximum Gasteiger partial charge on any atom is 0.0465 e. The summed E-state index contributed by atoms with van der Waals surface area (Å²) >= 11 is 11.9. The number of hydrogen-bond acceptors (Lipinski definition) is 2. The molecule has 6 heteroatoms. The second-order valence-electron chi connectivity index (χ2n) is 4.07. The number of nitrogens with one attached hydrogen (secondary N) is 1. The van der Waals surface area contributed by atoms with Crippen LogP contribution in [-0.4, -0.2) is 32.1 Å². The molecule has 0 aliphatic rings. The van der Waals surface area contributed by atoms with Crippen LogP contribution in [0.4, 0.5) is 0 Å². The lowest BCUT2D eigenvalue weighted by Gasteiger charge is -2.10. The maximum absolute atomic E-state index is 6.06. The molecule has 0 bridgehead atoms. The molecule has 0 radical (unpaired) electrons. The SMILES string of the molecule is CN(C)CCCNCc1ccc(Cl)cc1Cl.Cl.Cl. The first-order valence-electron chi connectivity index (χ1n) is 5.39. The van der Waals surface area contributed by atoms with Crippen molar-refractivity contribution in [2.45, 2.75) is 13.0 Å². The smallest absolute Gasteiger partial charge is 0.0465 e. The molecule has 0 aliphatic carbocycles. The summed E-state index contributed by atoms with van der Waals surface area (Å²) in [5.74, 6) is 0. The Balaban J connectivity index is 0. The van der Waals surface area contributed by atoms with E-state index in [9.17, 15) is 0 Å². The zero-order valence-electron chi connectivity index (χ0n) is 10.6. The van der Waals surface area contributed by atoms with Crippen molar-refractivity contribution in [3.8, 4) is 0 Å². The second-order valence-corrected chi connectivity index (χ2v) is 4.91. The van der Waals surface area contributed by atoms with E-state index >= 15 is 0 Å². The highest BCUT2D eigenvalue weighted by Gasteiger charge is 2.00. The first kappa shape index (κ1) is 20.6. The van der Waals surface area contributed by atoms with Gasteiger partial charge in [-0.25, -0.2) is 0 Å². The fourth-order valence-corrected chi connectivity index (χ4v) is 1.88. The first-order chi connectivity index (χ1) is 7.59. The summed E-state index contributed by atoms with van der Waals surface area (Å²) in [6.45, 7) is 2.89. The van der Waals surface area contributed by atoms with Crippen LogP contribution in [0.2, 0.25) is 10.0 Å². The number of rotatable bonds is 6. The van der Waals surface area contributed by atoms with Crippen molar-refractivity contribution in [3.05, 3.63) is 33.8 Å².